The van der Waals surface area contributed by atoms with Gasteiger partial charge in [0, 0.05) is 5.56 Å². The van der Waals surface area contributed by atoms with Crippen LogP contribution in [0.2, 0.25) is 0 Å². The summed E-state index contributed by atoms with van der Waals surface area (Å²) in [5, 5.41) is 0.594. The Morgan fingerprint density at radius 1 is 1.33 bits per heavy atom. The minimum atomic E-state index is 0.459. The van der Waals surface area contributed by atoms with Crippen LogP contribution >= 0.6 is 8.43 Å². The van der Waals surface area contributed by atoms with Gasteiger partial charge in [0.05, 0.1) is 5.29 Å². The molecule has 0 fully saturated rings. The van der Waals surface area contributed by atoms with E-state index in [9.17, 15) is 4.79 Å². The quantitative estimate of drug-likeness (QED) is 0.374. The van der Waals surface area contributed by atoms with E-state index in [0.717, 1.165) is 11.8 Å². The summed E-state index contributed by atoms with van der Waals surface area (Å²) in [6, 6.07) is 7.27. The van der Waals surface area contributed by atoms with Crippen molar-refractivity contribution in [2.24, 2.45) is 0 Å². The van der Waals surface area contributed by atoms with E-state index >= 15 is 0 Å². The summed E-state index contributed by atoms with van der Waals surface area (Å²) in [5.41, 5.74) is 0.806. The molecule has 0 atom stereocenters. The van der Waals surface area contributed by atoms with Gasteiger partial charge in [-0.25, -0.2) is 0 Å². The summed E-state index contributed by atoms with van der Waals surface area (Å²) in [6.45, 7) is 0. The van der Waals surface area contributed by atoms with Crippen LogP contribution in [0.4, 0.5) is 0 Å². The molecule has 0 saturated heterocycles. The molecule has 1 heterocycles. The summed E-state index contributed by atoms with van der Waals surface area (Å²) >= 11 is 0. The van der Waals surface area contributed by atoms with Gasteiger partial charge in [0.2, 0.25) is 0 Å². The van der Waals surface area contributed by atoms with Crippen molar-refractivity contribution in [1.29, 1.82) is 0 Å². The number of aldehydes is 1. The molecule has 1 aromatic carbocycles. The minimum Gasteiger partial charge on any atom is -0.328 e. The van der Waals surface area contributed by atoms with Crippen LogP contribution in [-0.2, 0) is 9.47 Å². The van der Waals surface area contributed by atoms with Crippen molar-refractivity contribution >= 4 is 20.0 Å². The smallest absolute Gasteiger partial charge is 0.174 e. The van der Waals surface area contributed by atoms with E-state index in [1.165, 1.54) is 0 Å². The number of para-hydroxylation sites is 1. The van der Waals surface area contributed by atoms with Gasteiger partial charge in [-0.1, -0.05) is 12.1 Å². The molecule has 0 aromatic heterocycles. The second-order valence-corrected chi connectivity index (χ2v) is 3.06. The Kier molecular flexibility index (Phi) is 1.90. The lowest BCUT2D eigenvalue weighted by molar-refractivity contribution is -0.103. The van der Waals surface area contributed by atoms with Gasteiger partial charge in [-0.15, -0.1) is 4.67 Å². The average molecular weight is 180 g/mol. The van der Waals surface area contributed by atoms with Crippen LogP contribution in [0, 0.1) is 0 Å². The molecule has 3 nitrogen and oxygen atoms in total. The first-order valence-corrected chi connectivity index (χ1v) is 4.19. The third-order valence-electron chi connectivity index (χ3n) is 1.54. The van der Waals surface area contributed by atoms with Crippen molar-refractivity contribution in [2.75, 3.05) is 0 Å². The SMILES string of the molecule is O=CC1=POOc2ccccc21. The van der Waals surface area contributed by atoms with E-state index in [4.69, 9.17) is 9.56 Å². The molecule has 0 unspecified atom stereocenters. The molecular formula is C8H5O3P. The van der Waals surface area contributed by atoms with Gasteiger partial charge in [-0.05, 0) is 12.1 Å². The van der Waals surface area contributed by atoms with E-state index in [2.05, 4.69) is 0 Å². The van der Waals surface area contributed by atoms with Gasteiger partial charge >= 0.3 is 0 Å². The third-order valence-corrected chi connectivity index (χ3v) is 2.23. The topological polar surface area (TPSA) is 35.5 Å². The maximum absolute atomic E-state index is 10.5. The van der Waals surface area contributed by atoms with Crippen molar-refractivity contribution in [3.8, 4) is 5.75 Å². The molecule has 0 saturated carbocycles. The second kappa shape index (κ2) is 3.05. The maximum Gasteiger partial charge on any atom is 0.174 e. The molecule has 0 radical (unpaired) electrons. The highest BCUT2D eigenvalue weighted by Crippen LogP contribution is 2.27. The number of benzene rings is 1. The molecule has 1 aromatic rings. The van der Waals surface area contributed by atoms with E-state index < -0.39 is 0 Å². The number of carbonyl (C=O) groups is 1. The number of fused-ring (bicyclic) bond motifs is 1. The Balaban J connectivity index is 2.55. The normalized spacial score (nSPS) is 15.5. The van der Waals surface area contributed by atoms with Crippen LogP contribution in [0.15, 0.2) is 24.3 Å². The molecule has 0 N–H and O–H groups in total. The summed E-state index contributed by atoms with van der Waals surface area (Å²) in [7, 11) is 0.459. The van der Waals surface area contributed by atoms with Gasteiger partial charge in [0.25, 0.3) is 0 Å². The van der Waals surface area contributed by atoms with Gasteiger partial charge in [0.15, 0.2) is 12.0 Å². The van der Waals surface area contributed by atoms with Crippen LogP contribution < -0.4 is 4.89 Å². The lowest BCUT2D eigenvalue weighted by atomic mass is 10.1. The first-order chi connectivity index (χ1) is 5.92. The molecule has 12 heavy (non-hydrogen) atoms. The van der Waals surface area contributed by atoms with Crippen molar-refractivity contribution < 1.29 is 14.4 Å². The van der Waals surface area contributed by atoms with Crippen LogP contribution in [0.5, 0.6) is 5.75 Å². The van der Waals surface area contributed by atoms with Crippen molar-refractivity contribution in [3.05, 3.63) is 29.8 Å². The van der Waals surface area contributed by atoms with Gasteiger partial charge in [-0.3, -0.25) is 4.79 Å². The zero-order valence-corrected chi connectivity index (χ0v) is 6.95. The van der Waals surface area contributed by atoms with Crippen LogP contribution in [-0.4, -0.2) is 11.6 Å². The zero-order chi connectivity index (χ0) is 8.39. The van der Waals surface area contributed by atoms with Crippen LogP contribution in [0.3, 0.4) is 0 Å². The van der Waals surface area contributed by atoms with Gasteiger partial charge < -0.3 is 4.89 Å². The van der Waals surface area contributed by atoms with E-state index in [0.29, 0.717) is 19.5 Å². The van der Waals surface area contributed by atoms with E-state index in [1.807, 2.05) is 18.2 Å². The standard InChI is InChI=1S/C8H5O3P/c9-5-8-6-3-1-2-4-7(6)10-11-12-8/h1-5H. The Labute approximate surface area is 70.7 Å². The molecule has 0 spiro atoms. The highest BCUT2D eigenvalue weighted by atomic mass is 31.1. The van der Waals surface area contributed by atoms with Crippen molar-refractivity contribution in [1.82, 2.24) is 0 Å². The largest absolute Gasteiger partial charge is 0.328 e. The molecule has 1 aliphatic heterocycles. The first-order valence-electron chi connectivity index (χ1n) is 3.38. The predicted molar refractivity (Wildman–Crippen MR) is 45.2 cm³/mol. The molecule has 0 amide bonds. The van der Waals surface area contributed by atoms with E-state index in [1.54, 1.807) is 6.07 Å². The molecule has 0 aliphatic carbocycles. The molecule has 2 rings (SSSR count). The zero-order valence-electron chi connectivity index (χ0n) is 6.06. The number of rotatable bonds is 1. The highest BCUT2D eigenvalue weighted by Gasteiger charge is 2.13. The van der Waals surface area contributed by atoms with Crippen LogP contribution in [0.25, 0.3) is 0 Å². The Hall–Kier alpha value is -1.18. The molecule has 1 aliphatic rings. The number of hydrogen-bond acceptors (Lipinski definition) is 3. The van der Waals surface area contributed by atoms with Gasteiger partial charge in [-0.2, -0.15) is 0 Å². The fourth-order valence-corrected chi connectivity index (χ4v) is 1.51. The molecular weight excluding hydrogens is 175 g/mol. The van der Waals surface area contributed by atoms with E-state index in [-0.39, 0.29) is 0 Å². The Morgan fingerprint density at radius 3 is 3.00 bits per heavy atom. The predicted octanol–water partition coefficient (Wildman–Crippen LogP) is 1.59. The summed E-state index contributed by atoms with van der Waals surface area (Å²) < 4.78 is 4.70. The summed E-state index contributed by atoms with van der Waals surface area (Å²) in [6.07, 6.45) is 0.781. The molecule has 4 heteroatoms. The fourth-order valence-electron chi connectivity index (χ4n) is 0.984. The van der Waals surface area contributed by atoms with Crippen molar-refractivity contribution in [3.63, 3.8) is 0 Å². The molecule has 60 valence electrons. The first kappa shape index (κ1) is 7.47. The average Bonchev–Trinajstić information content (AvgIpc) is 2.17. The number of carbonyl (C=O) groups excluding carboxylic acids is 1. The lowest BCUT2D eigenvalue weighted by Crippen LogP contribution is -2.07. The Bertz CT molecular complexity index is 346. The second-order valence-electron chi connectivity index (χ2n) is 2.25. The monoisotopic (exact) mass is 180 g/mol. The van der Waals surface area contributed by atoms with Gasteiger partial charge in [0.1, 0.15) is 8.43 Å². The number of hydrogen-bond donors (Lipinski definition) is 0. The lowest BCUT2D eigenvalue weighted by Gasteiger charge is -2.11. The fraction of sp³-hybridized carbons (Fsp3) is 0. The summed E-state index contributed by atoms with van der Waals surface area (Å²) in [5.74, 6) is 0.596. The maximum atomic E-state index is 10.5. The van der Waals surface area contributed by atoms with Crippen LogP contribution in [0.1, 0.15) is 5.56 Å². The summed E-state index contributed by atoms with van der Waals surface area (Å²) in [4.78, 5) is 15.4. The third kappa shape index (κ3) is 1.13. The van der Waals surface area contributed by atoms with Crippen molar-refractivity contribution in [2.45, 2.75) is 0 Å². The minimum absolute atomic E-state index is 0.459. The highest BCUT2D eigenvalue weighted by molar-refractivity contribution is 7.39. The molecule has 0 bridgehead atoms. The Morgan fingerprint density at radius 2 is 2.17 bits per heavy atom.